The Balaban J connectivity index is 2.10. The lowest BCUT2D eigenvalue weighted by Crippen LogP contribution is -2.15. The van der Waals surface area contributed by atoms with Crippen LogP contribution < -0.4 is 5.73 Å². The normalized spacial score (nSPS) is 21.5. The largest absolute Gasteiger partial charge is 0.375 e. The lowest BCUT2D eigenvalue weighted by Gasteiger charge is -2.19. The van der Waals surface area contributed by atoms with Gasteiger partial charge >= 0.3 is 0 Å². The molecule has 0 spiro atoms. The summed E-state index contributed by atoms with van der Waals surface area (Å²) in [7, 11) is 0. The molecule has 0 bridgehead atoms. The van der Waals surface area contributed by atoms with Gasteiger partial charge in [0.1, 0.15) is 0 Å². The van der Waals surface area contributed by atoms with Gasteiger partial charge in [0.15, 0.2) is 5.13 Å². The molecule has 2 N–H and O–H groups in total. The number of aromatic nitrogens is 1. The molecule has 72 valence electrons. The quantitative estimate of drug-likeness (QED) is 0.821. The first-order chi connectivity index (χ1) is 6.29. The van der Waals surface area contributed by atoms with Crippen LogP contribution in [0.5, 0.6) is 0 Å². The van der Waals surface area contributed by atoms with Crippen molar-refractivity contribution in [3.05, 3.63) is 10.6 Å². The van der Waals surface area contributed by atoms with Crippen molar-refractivity contribution in [2.75, 3.05) is 11.5 Å². The fourth-order valence-corrected chi connectivity index (χ4v) is 3.65. The molecule has 1 atom stereocenters. The third kappa shape index (κ3) is 1.99. The van der Waals surface area contributed by atoms with E-state index >= 15 is 0 Å². The summed E-state index contributed by atoms with van der Waals surface area (Å²) in [5.74, 6) is 1.21. The molecule has 1 aliphatic carbocycles. The van der Waals surface area contributed by atoms with Gasteiger partial charge < -0.3 is 5.73 Å². The van der Waals surface area contributed by atoms with Crippen LogP contribution in [0.3, 0.4) is 0 Å². The predicted octanol–water partition coefficient (Wildman–Crippen LogP) is 2.34. The SMILES string of the molecule is CCSC1CCc2sc(N)nc2C1. The molecule has 0 amide bonds. The molecule has 4 heteroatoms. The molecule has 0 fully saturated rings. The first kappa shape index (κ1) is 9.34. The average molecular weight is 214 g/mol. The average Bonchev–Trinajstić information content (AvgIpc) is 2.44. The van der Waals surface area contributed by atoms with Crippen molar-refractivity contribution >= 4 is 28.2 Å². The molecular weight excluding hydrogens is 200 g/mol. The van der Waals surface area contributed by atoms with Gasteiger partial charge in [0.25, 0.3) is 0 Å². The van der Waals surface area contributed by atoms with E-state index in [2.05, 4.69) is 11.9 Å². The van der Waals surface area contributed by atoms with Gasteiger partial charge in [-0.3, -0.25) is 0 Å². The van der Waals surface area contributed by atoms with E-state index in [0.29, 0.717) is 0 Å². The molecule has 0 saturated carbocycles. The number of thiazole rings is 1. The minimum atomic E-state index is 0.743. The van der Waals surface area contributed by atoms with Crippen molar-refractivity contribution in [2.45, 2.75) is 31.4 Å². The lowest BCUT2D eigenvalue weighted by atomic mass is 10.0. The van der Waals surface area contributed by atoms with Crippen molar-refractivity contribution in [1.29, 1.82) is 0 Å². The number of anilines is 1. The van der Waals surface area contributed by atoms with Crippen LogP contribution in [0.4, 0.5) is 5.13 Å². The van der Waals surface area contributed by atoms with Gasteiger partial charge in [0.2, 0.25) is 0 Å². The highest BCUT2D eigenvalue weighted by Crippen LogP contribution is 2.32. The lowest BCUT2D eigenvalue weighted by molar-refractivity contribution is 0.700. The molecule has 2 nitrogen and oxygen atoms in total. The molecule has 1 aromatic rings. The van der Waals surface area contributed by atoms with Crippen molar-refractivity contribution in [2.24, 2.45) is 0 Å². The van der Waals surface area contributed by atoms with Gasteiger partial charge in [-0.05, 0) is 18.6 Å². The molecule has 1 aliphatic rings. The Morgan fingerprint density at radius 1 is 1.69 bits per heavy atom. The van der Waals surface area contributed by atoms with Gasteiger partial charge in [-0.1, -0.05) is 6.92 Å². The van der Waals surface area contributed by atoms with Gasteiger partial charge in [0.05, 0.1) is 5.69 Å². The number of fused-ring (bicyclic) bond motifs is 1. The molecule has 1 unspecified atom stereocenters. The molecule has 1 aromatic heterocycles. The minimum absolute atomic E-state index is 0.743. The third-order valence-corrected chi connectivity index (χ3v) is 4.51. The molecule has 0 saturated heterocycles. The maximum absolute atomic E-state index is 5.68. The van der Waals surface area contributed by atoms with Crippen LogP contribution in [0.1, 0.15) is 23.9 Å². The summed E-state index contributed by atoms with van der Waals surface area (Å²) in [6.45, 7) is 2.22. The molecule has 0 aromatic carbocycles. The molecule has 2 rings (SSSR count). The summed E-state index contributed by atoms with van der Waals surface area (Å²) in [6.07, 6.45) is 3.61. The second-order valence-corrected chi connectivity index (χ2v) is 5.93. The maximum Gasteiger partial charge on any atom is 0.180 e. The Bertz CT molecular complexity index is 296. The van der Waals surface area contributed by atoms with Gasteiger partial charge in [-0.2, -0.15) is 11.8 Å². The number of nitrogen functional groups attached to an aromatic ring is 1. The number of thioether (sulfide) groups is 1. The Hall–Kier alpha value is -0.220. The number of rotatable bonds is 2. The van der Waals surface area contributed by atoms with Gasteiger partial charge in [-0.15, -0.1) is 11.3 Å². The van der Waals surface area contributed by atoms with Gasteiger partial charge in [-0.25, -0.2) is 4.98 Å². The van der Waals surface area contributed by atoms with Crippen molar-refractivity contribution < 1.29 is 0 Å². The highest BCUT2D eigenvalue weighted by Gasteiger charge is 2.21. The Kier molecular flexibility index (Phi) is 2.79. The maximum atomic E-state index is 5.68. The van der Waals surface area contributed by atoms with Crippen molar-refractivity contribution in [1.82, 2.24) is 4.98 Å². The Morgan fingerprint density at radius 3 is 3.31 bits per heavy atom. The third-order valence-electron chi connectivity index (χ3n) is 2.31. The van der Waals surface area contributed by atoms with E-state index in [0.717, 1.165) is 16.8 Å². The van der Waals surface area contributed by atoms with Crippen LogP contribution in [0.25, 0.3) is 0 Å². The zero-order chi connectivity index (χ0) is 9.26. The zero-order valence-electron chi connectivity index (χ0n) is 7.75. The van der Waals surface area contributed by atoms with E-state index in [-0.39, 0.29) is 0 Å². The van der Waals surface area contributed by atoms with E-state index in [4.69, 9.17) is 5.73 Å². The monoisotopic (exact) mass is 214 g/mol. The number of nitrogens with zero attached hydrogens (tertiary/aromatic N) is 1. The van der Waals surface area contributed by atoms with E-state index in [1.54, 1.807) is 11.3 Å². The fourth-order valence-electron chi connectivity index (χ4n) is 1.75. The molecule has 0 aliphatic heterocycles. The highest BCUT2D eigenvalue weighted by atomic mass is 32.2. The summed E-state index contributed by atoms with van der Waals surface area (Å²) in [6, 6.07) is 0. The number of hydrogen-bond donors (Lipinski definition) is 1. The van der Waals surface area contributed by atoms with Crippen molar-refractivity contribution in [3.8, 4) is 0 Å². The van der Waals surface area contributed by atoms with Crippen LogP contribution in [-0.4, -0.2) is 16.0 Å². The summed E-state index contributed by atoms with van der Waals surface area (Å²) < 4.78 is 0. The van der Waals surface area contributed by atoms with Crippen LogP contribution in [0.2, 0.25) is 0 Å². The zero-order valence-corrected chi connectivity index (χ0v) is 9.38. The smallest absolute Gasteiger partial charge is 0.180 e. The van der Waals surface area contributed by atoms with E-state index in [1.807, 2.05) is 11.8 Å². The first-order valence-corrected chi connectivity index (χ1v) is 6.51. The Labute approximate surface area is 86.9 Å². The van der Waals surface area contributed by atoms with Crippen LogP contribution >= 0.6 is 23.1 Å². The van der Waals surface area contributed by atoms with E-state index in [9.17, 15) is 0 Å². The van der Waals surface area contributed by atoms with E-state index in [1.165, 1.54) is 29.2 Å². The van der Waals surface area contributed by atoms with Crippen LogP contribution in [0.15, 0.2) is 0 Å². The molecule has 0 radical (unpaired) electrons. The summed E-state index contributed by atoms with van der Waals surface area (Å²) >= 11 is 3.72. The number of aryl methyl sites for hydroxylation is 1. The summed E-state index contributed by atoms with van der Waals surface area (Å²) in [5, 5.41) is 1.52. The van der Waals surface area contributed by atoms with E-state index < -0.39 is 0 Å². The minimum Gasteiger partial charge on any atom is -0.375 e. The van der Waals surface area contributed by atoms with Crippen LogP contribution in [0, 0.1) is 0 Å². The number of hydrogen-bond acceptors (Lipinski definition) is 4. The molecule has 1 heterocycles. The topological polar surface area (TPSA) is 38.9 Å². The molecule has 13 heavy (non-hydrogen) atoms. The van der Waals surface area contributed by atoms with Gasteiger partial charge in [0, 0.05) is 16.5 Å². The molecular formula is C9H14N2S2. The standard InChI is InChI=1S/C9H14N2S2/c1-2-12-6-3-4-8-7(5-6)11-9(10)13-8/h6H,2-5H2,1H3,(H2,10,11). The second kappa shape index (κ2) is 3.88. The fraction of sp³-hybridized carbons (Fsp3) is 0.667. The van der Waals surface area contributed by atoms with Crippen LogP contribution in [-0.2, 0) is 12.8 Å². The van der Waals surface area contributed by atoms with Crippen molar-refractivity contribution in [3.63, 3.8) is 0 Å². The summed E-state index contributed by atoms with van der Waals surface area (Å²) in [4.78, 5) is 5.79. The predicted molar refractivity (Wildman–Crippen MR) is 60.5 cm³/mol. The first-order valence-electron chi connectivity index (χ1n) is 4.65. The second-order valence-electron chi connectivity index (χ2n) is 3.24. The number of nitrogens with two attached hydrogens (primary N) is 1. The summed E-state index contributed by atoms with van der Waals surface area (Å²) in [5.41, 5.74) is 6.94. The highest BCUT2D eigenvalue weighted by molar-refractivity contribution is 7.99. The Morgan fingerprint density at radius 2 is 2.54 bits per heavy atom.